The molecule has 0 saturated carbocycles. The molecule has 2 rings (SSSR count). The zero-order chi connectivity index (χ0) is 12.1. The van der Waals surface area contributed by atoms with Gasteiger partial charge in [0, 0.05) is 6.42 Å². The van der Waals surface area contributed by atoms with Crippen LogP contribution in [0.4, 0.5) is 0 Å². The second-order valence-corrected chi connectivity index (χ2v) is 3.91. The minimum atomic E-state index is 0.305. The molecule has 0 radical (unpaired) electrons. The summed E-state index contributed by atoms with van der Waals surface area (Å²) in [6.45, 7) is 0. The number of hydrogen-bond acceptors (Lipinski definition) is 2. The third-order valence-electron chi connectivity index (χ3n) is 2.76. The lowest BCUT2D eigenvalue weighted by atomic mass is 9.98. The van der Waals surface area contributed by atoms with E-state index in [0.29, 0.717) is 18.6 Å². The SMILES string of the molecule is N#CCc1ccccc1Cc1ccccc1O. The van der Waals surface area contributed by atoms with Crippen molar-refractivity contribution in [2.45, 2.75) is 12.8 Å². The van der Waals surface area contributed by atoms with Gasteiger partial charge in [-0.3, -0.25) is 0 Å². The topological polar surface area (TPSA) is 44.0 Å². The Hall–Kier alpha value is -2.27. The molecule has 0 aromatic heterocycles. The van der Waals surface area contributed by atoms with Crippen LogP contribution in [0.2, 0.25) is 0 Å². The van der Waals surface area contributed by atoms with Crippen LogP contribution in [-0.2, 0) is 12.8 Å². The summed E-state index contributed by atoms with van der Waals surface area (Å²) in [7, 11) is 0. The van der Waals surface area contributed by atoms with E-state index in [9.17, 15) is 5.11 Å². The zero-order valence-corrected chi connectivity index (χ0v) is 9.43. The third kappa shape index (κ3) is 2.64. The lowest BCUT2D eigenvalue weighted by Crippen LogP contribution is -1.95. The van der Waals surface area contributed by atoms with Crippen LogP contribution >= 0.6 is 0 Å². The van der Waals surface area contributed by atoms with Gasteiger partial charge in [-0.2, -0.15) is 5.26 Å². The smallest absolute Gasteiger partial charge is 0.119 e. The fourth-order valence-corrected chi connectivity index (χ4v) is 1.85. The van der Waals surface area contributed by atoms with E-state index in [1.54, 1.807) is 12.1 Å². The Morgan fingerprint density at radius 1 is 0.882 bits per heavy atom. The molecule has 2 aromatic rings. The molecule has 2 nitrogen and oxygen atoms in total. The summed E-state index contributed by atoms with van der Waals surface area (Å²) >= 11 is 0. The molecule has 0 bridgehead atoms. The quantitative estimate of drug-likeness (QED) is 0.869. The Balaban J connectivity index is 2.31. The van der Waals surface area contributed by atoms with Crippen molar-refractivity contribution in [2.24, 2.45) is 0 Å². The number of benzene rings is 2. The third-order valence-corrected chi connectivity index (χ3v) is 2.76. The van der Waals surface area contributed by atoms with Gasteiger partial charge in [0.1, 0.15) is 5.75 Å². The lowest BCUT2D eigenvalue weighted by molar-refractivity contribution is 0.469. The summed E-state index contributed by atoms with van der Waals surface area (Å²) in [5.41, 5.74) is 3.01. The van der Waals surface area contributed by atoms with Gasteiger partial charge in [0.15, 0.2) is 0 Å². The van der Waals surface area contributed by atoms with Gasteiger partial charge in [-0.25, -0.2) is 0 Å². The average Bonchev–Trinajstić information content (AvgIpc) is 2.35. The van der Waals surface area contributed by atoms with Crippen molar-refractivity contribution in [1.29, 1.82) is 5.26 Å². The molecule has 0 unspecified atom stereocenters. The van der Waals surface area contributed by atoms with Gasteiger partial charge in [0.25, 0.3) is 0 Å². The van der Waals surface area contributed by atoms with E-state index < -0.39 is 0 Å². The maximum absolute atomic E-state index is 9.73. The summed E-state index contributed by atoms with van der Waals surface area (Å²) in [6, 6.07) is 17.3. The molecule has 17 heavy (non-hydrogen) atoms. The number of nitriles is 1. The molecule has 0 spiro atoms. The Labute approximate surface area is 101 Å². The summed E-state index contributed by atoms with van der Waals surface area (Å²) in [6.07, 6.45) is 1.06. The van der Waals surface area contributed by atoms with Crippen molar-refractivity contribution in [3.05, 3.63) is 65.2 Å². The monoisotopic (exact) mass is 223 g/mol. The van der Waals surface area contributed by atoms with Gasteiger partial charge in [-0.15, -0.1) is 0 Å². The van der Waals surface area contributed by atoms with Crippen LogP contribution in [0, 0.1) is 11.3 Å². The van der Waals surface area contributed by atoms with Crippen LogP contribution in [0.15, 0.2) is 48.5 Å². The first-order chi connectivity index (χ1) is 8.31. The number of rotatable bonds is 3. The van der Waals surface area contributed by atoms with Crippen molar-refractivity contribution < 1.29 is 5.11 Å². The Bertz CT molecular complexity index is 555. The highest BCUT2D eigenvalue weighted by Gasteiger charge is 2.05. The van der Waals surface area contributed by atoms with Gasteiger partial charge in [-0.1, -0.05) is 42.5 Å². The molecular formula is C15H13NO. The van der Waals surface area contributed by atoms with Crippen LogP contribution in [-0.4, -0.2) is 5.11 Å². The molecule has 0 fully saturated rings. The van der Waals surface area contributed by atoms with Crippen molar-refractivity contribution in [2.75, 3.05) is 0 Å². The zero-order valence-electron chi connectivity index (χ0n) is 9.43. The van der Waals surface area contributed by atoms with E-state index in [0.717, 1.165) is 16.7 Å². The van der Waals surface area contributed by atoms with Gasteiger partial charge in [-0.05, 0) is 22.8 Å². The number of nitrogens with zero attached hydrogens (tertiary/aromatic N) is 1. The highest BCUT2D eigenvalue weighted by Crippen LogP contribution is 2.21. The van der Waals surface area contributed by atoms with E-state index in [1.165, 1.54) is 0 Å². The molecule has 1 N–H and O–H groups in total. The van der Waals surface area contributed by atoms with E-state index in [1.807, 2.05) is 36.4 Å². The predicted molar refractivity (Wildman–Crippen MR) is 66.7 cm³/mol. The first-order valence-corrected chi connectivity index (χ1v) is 5.52. The number of para-hydroxylation sites is 1. The predicted octanol–water partition coefficient (Wildman–Crippen LogP) is 3.05. The summed E-state index contributed by atoms with van der Waals surface area (Å²) in [5, 5.41) is 18.5. The molecule has 84 valence electrons. The van der Waals surface area contributed by atoms with Gasteiger partial charge < -0.3 is 5.11 Å². The Kier molecular flexibility index (Phi) is 3.42. The molecular weight excluding hydrogens is 210 g/mol. The van der Waals surface area contributed by atoms with Crippen LogP contribution in [0.3, 0.4) is 0 Å². The molecule has 0 heterocycles. The number of phenolic OH excluding ortho intramolecular Hbond substituents is 1. The highest BCUT2D eigenvalue weighted by molar-refractivity contribution is 5.39. The minimum absolute atomic E-state index is 0.305. The second-order valence-electron chi connectivity index (χ2n) is 3.91. The van der Waals surface area contributed by atoms with Crippen LogP contribution in [0.5, 0.6) is 5.75 Å². The largest absolute Gasteiger partial charge is 0.508 e. The van der Waals surface area contributed by atoms with Crippen molar-refractivity contribution >= 4 is 0 Å². The molecule has 0 saturated heterocycles. The van der Waals surface area contributed by atoms with Crippen LogP contribution in [0.25, 0.3) is 0 Å². The first kappa shape index (κ1) is 11.2. The normalized spacial score (nSPS) is 9.82. The second kappa shape index (κ2) is 5.18. The van der Waals surface area contributed by atoms with E-state index in [-0.39, 0.29) is 0 Å². The van der Waals surface area contributed by atoms with E-state index in [2.05, 4.69) is 6.07 Å². The lowest BCUT2D eigenvalue weighted by Gasteiger charge is -2.08. The Morgan fingerprint density at radius 3 is 2.12 bits per heavy atom. The number of phenols is 1. The fraction of sp³-hybridized carbons (Fsp3) is 0.133. The highest BCUT2D eigenvalue weighted by atomic mass is 16.3. The molecule has 0 amide bonds. The maximum Gasteiger partial charge on any atom is 0.119 e. The van der Waals surface area contributed by atoms with Crippen molar-refractivity contribution in [1.82, 2.24) is 0 Å². The fourth-order valence-electron chi connectivity index (χ4n) is 1.85. The van der Waals surface area contributed by atoms with Gasteiger partial charge >= 0.3 is 0 Å². The number of hydrogen-bond donors (Lipinski definition) is 1. The standard InChI is InChI=1S/C15H13NO/c16-10-9-12-5-1-2-6-13(12)11-14-7-3-4-8-15(14)17/h1-8,17H,9,11H2. The van der Waals surface area contributed by atoms with Crippen molar-refractivity contribution in [3.63, 3.8) is 0 Å². The van der Waals surface area contributed by atoms with Gasteiger partial charge in [0.05, 0.1) is 12.5 Å². The molecule has 0 aliphatic rings. The summed E-state index contributed by atoms with van der Waals surface area (Å²) < 4.78 is 0. The van der Waals surface area contributed by atoms with Crippen LogP contribution < -0.4 is 0 Å². The van der Waals surface area contributed by atoms with Gasteiger partial charge in [0.2, 0.25) is 0 Å². The molecule has 2 heteroatoms. The maximum atomic E-state index is 9.73. The average molecular weight is 223 g/mol. The minimum Gasteiger partial charge on any atom is -0.508 e. The molecule has 0 atom stereocenters. The number of aromatic hydroxyl groups is 1. The van der Waals surface area contributed by atoms with Crippen molar-refractivity contribution in [3.8, 4) is 11.8 Å². The van der Waals surface area contributed by atoms with E-state index in [4.69, 9.17) is 5.26 Å². The van der Waals surface area contributed by atoms with Crippen LogP contribution in [0.1, 0.15) is 16.7 Å². The summed E-state index contributed by atoms with van der Waals surface area (Å²) in [5.74, 6) is 0.305. The first-order valence-electron chi connectivity index (χ1n) is 5.52. The molecule has 0 aliphatic heterocycles. The molecule has 0 aliphatic carbocycles. The Morgan fingerprint density at radius 2 is 1.47 bits per heavy atom. The van der Waals surface area contributed by atoms with E-state index >= 15 is 0 Å². The molecule has 2 aromatic carbocycles. The summed E-state index contributed by atoms with van der Waals surface area (Å²) in [4.78, 5) is 0.